The van der Waals surface area contributed by atoms with E-state index in [0.717, 1.165) is 5.52 Å². The molecule has 0 bridgehead atoms. The Morgan fingerprint density at radius 1 is 1.26 bits per heavy atom. The van der Waals surface area contributed by atoms with E-state index >= 15 is 0 Å². The molecule has 0 spiro atoms. The summed E-state index contributed by atoms with van der Waals surface area (Å²) in [7, 11) is 1.56. The van der Waals surface area contributed by atoms with Crippen molar-refractivity contribution >= 4 is 22.8 Å². The summed E-state index contributed by atoms with van der Waals surface area (Å²) in [5.41, 5.74) is 1.47. The number of furan rings is 1. The van der Waals surface area contributed by atoms with Crippen molar-refractivity contribution in [1.29, 1.82) is 0 Å². The molecule has 1 aromatic carbocycles. The van der Waals surface area contributed by atoms with Crippen LogP contribution in [0.2, 0.25) is 0 Å². The molecule has 3 rings (SSSR count). The third-order valence-corrected chi connectivity index (χ3v) is 3.95. The lowest BCUT2D eigenvalue weighted by atomic mass is 10.3. The molecule has 0 fully saturated rings. The third-order valence-electron chi connectivity index (χ3n) is 3.95. The third kappa shape index (κ3) is 4.91. The van der Waals surface area contributed by atoms with Crippen LogP contribution in [0.3, 0.4) is 0 Å². The Kier molecular flexibility index (Phi) is 6.16. The molecular weight excluding hydrogens is 350 g/mol. The highest BCUT2D eigenvalue weighted by Gasteiger charge is 2.20. The van der Waals surface area contributed by atoms with E-state index in [1.54, 1.807) is 19.2 Å². The van der Waals surface area contributed by atoms with Gasteiger partial charge in [-0.3, -0.25) is 9.59 Å². The molecule has 2 amide bonds. The van der Waals surface area contributed by atoms with E-state index in [9.17, 15) is 9.59 Å². The van der Waals surface area contributed by atoms with E-state index < -0.39 is 0 Å². The Morgan fingerprint density at radius 2 is 2.11 bits per heavy atom. The molecule has 0 aliphatic rings. The van der Waals surface area contributed by atoms with Gasteiger partial charge in [0.15, 0.2) is 0 Å². The molecule has 3 aromatic rings. The smallest absolute Gasteiger partial charge is 0.245 e. The van der Waals surface area contributed by atoms with Crippen molar-refractivity contribution in [2.75, 3.05) is 26.8 Å². The molecule has 0 aliphatic carbocycles. The molecule has 142 valence electrons. The summed E-state index contributed by atoms with van der Waals surface area (Å²) in [5, 5.41) is 10.8. The number of benzene rings is 1. The number of hydrogen-bond acceptors (Lipinski definition) is 6. The molecule has 1 N–H and O–H groups in total. The summed E-state index contributed by atoms with van der Waals surface area (Å²) in [6, 6.07) is 10.9. The van der Waals surface area contributed by atoms with E-state index in [2.05, 4.69) is 15.6 Å². The summed E-state index contributed by atoms with van der Waals surface area (Å²) >= 11 is 0. The number of para-hydroxylation sites is 1. The van der Waals surface area contributed by atoms with Crippen LogP contribution in [-0.2, 0) is 27.4 Å². The Morgan fingerprint density at radius 3 is 2.89 bits per heavy atom. The zero-order chi connectivity index (χ0) is 19.1. The topological polar surface area (TPSA) is 102 Å². The fourth-order valence-corrected chi connectivity index (χ4v) is 2.61. The minimum Gasteiger partial charge on any atom is -0.467 e. The first-order chi connectivity index (χ1) is 13.2. The van der Waals surface area contributed by atoms with Gasteiger partial charge in [-0.25, -0.2) is 4.68 Å². The quantitative estimate of drug-likeness (QED) is 0.559. The Balaban J connectivity index is 1.70. The summed E-state index contributed by atoms with van der Waals surface area (Å²) in [5.74, 6) is 0.0656. The normalized spacial score (nSPS) is 10.9. The minimum absolute atomic E-state index is 0.0213. The van der Waals surface area contributed by atoms with Gasteiger partial charge >= 0.3 is 0 Å². The number of ether oxygens (including phenoxy) is 1. The Bertz CT molecular complexity index is 890. The summed E-state index contributed by atoms with van der Waals surface area (Å²) in [6.45, 7) is 0.868. The van der Waals surface area contributed by atoms with Gasteiger partial charge in [0.2, 0.25) is 11.8 Å². The van der Waals surface area contributed by atoms with Gasteiger partial charge in [0, 0.05) is 13.7 Å². The zero-order valence-electron chi connectivity index (χ0n) is 15.0. The molecule has 0 saturated heterocycles. The van der Waals surface area contributed by atoms with E-state index in [-0.39, 0.29) is 31.4 Å². The molecular formula is C18H21N5O4. The predicted octanol–water partition coefficient (Wildman–Crippen LogP) is 0.816. The SMILES string of the molecule is COCCNC(=O)CN(Cc1ccco1)C(=O)Cn1nnc2ccccc21. The van der Waals surface area contributed by atoms with Gasteiger partial charge in [-0.1, -0.05) is 17.3 Å². The zero-order valence-corrected chi connectivity index (χ0v) is 15.0. The second kappa shape index (κ2) is 8.95. The largest absolute Gasteiger partial charge is 0.467 e. The fourth-order valence-electron chi connectivity index (χ4n) is 2.61. The van der Waals surface area contributed by atoms with Crippen molar-refractivity contribution in [3.63, 3.8) is 0 Å². The van der Waals surface area contributed by atoms with Crippen molar-refractivity contribution in [3.8, 4) is 0 Å². The van der Waals surface area contributed by atoms with Gasteiger partial charge in [-0.05, 0) is 24.3 Å². The van der Waals surface area contributed by atoms with Gasteiger partial charge in [-0.2, -0.15) is 0 Å². The predicted molar refractivity (Wildman–Crippen MR) is 96.5 cm³/mol. The van der Waals surface area contributed by atoms with Gasteiger partial charge in [0.1, 0.15) is 24.4 Å². The minimum atomic E-state index is -0.268. The van der Waals surface area contributed by atoms with Crippen molar-refractivity contribution in [3.05, 3.63) is 48.4 Å². The van der Waals surface area contributed by atoms with Crippen molar-refractivity contribution in [2.24, 2.45) is 0 Å². The van der Waals surface area contributed by atoms with Crippen molar-refractivity contribution < 1.29 is 18.7 Å². The van der Waals surface area contributed by atoms with Crippen LogP contribution in [-0.4, -0.2) is 58.5 Å². The number of methoxy groups -OCH3 is 1. The number of nitrogens with one attached hydrogen (secondary N) is 1. The highest BCUT2D eigenvalue weighted by molar-refractivity contribution is 5.85. The molecule has 27 heavy (non-hydrogen) atoms. The molecule has 9 heteroatoms. The lowest BCUT2D eigenvalue weighted by Gasteiger charge is -2.21. The lowest BCUT2D eigenvalue weighted by molar-refractivity contribution is -0.137. The molecule has 0 atom stereocenters. The monoisotopic (exact) mass is 371 g/mol. The maximum absolute atomic E-state index is 12.8. The number of hydrogen-bond donors (Lipinski definition) is 1. The van der Waals surface area contributed by atoms with Crippen LogP contribution in [0.1, 0.15) is 5.76 Å². The second-order valence-electron chi connectivity index (χ2n) is 5.91. The molecule has 9 nitrogen and oxygen atoms in total. The standard InChI is InChI=1S/C18H21N5O4/c1-26-10-8-19-17(24)12-22(11-14-5-4-9-27-14)18(25)13-23-16-7-3-2-6-15(16)20-21-23/h2-7,9H,8,10-13H2,1H3,(H,19,24). The first-order valence-corrected chi connectivity index (χ1v) is 8.51. The van der Waals surface area contributed by atoms with Crippen LogP contribution >= 0.6 is 0 Å². The molecule has 2 aromatic heterocycles. The number of amides is 2. The van der Waals surface area contributed by atoms with Gasteiger partial charge in [0.05, 0.1) is 24.9 Å². The summed E-state index contributed by atoms with van der Waals surface area (Å²) < 4.78 is 11.8. The molecule has 0 aliphatic heterocycles. The number of carbonyl (C=O) groups excluding carboxylic acids is 2. The maximum Gasteiger partial charge on any atom is 0.245 e. The van der Waals surface area contributed by atoms with E-state index in [1.165, 1.54) is 15.8 Å². The number of carbonyl (C=O) groups is 2. The number of rotatable bonds is 9. The molecule has 0 unspecified atom stereocenters. The van der Waals surface area contributed by atoms with Gasteiger partial charge in [0.25, 0.3) is 0 Å². The highest BCUT2D eigenvalue weighted by Crippen LogP contribution is 2.11. The van der Waals surface area contributed by atoms with E-state index in [0.29, 0.717) is 24.4 Å². The van der Waals surface area contributed by atoms with E-state index in [1.807, 2.05) is 24.3 Å². The summed E-state index contributed by atoms with van der Waals surface area (Å²) in [4.78, 5) is 26.4. The highest BCUT2D eigenvalue weighted by atomic mass is 16.5. The van der Waals surface area contributed by atoms with Crippen LogP contribution in [0, 0.1) is 0 Å². The van der Waals surface area contributed by atoms with Crippen LogP contribution < -0.4 is 5.32 Å². The average Bonchev–Trinajstić information content (AvgIpc) is 3.32. The second-order valence-corrected chi connectivity index (χ2v) is 5.91. The van der Waals surface area contributed by atoms with Gasteiger partial charge in [-0.15, -0.1) is 5.10 Å². The number of fused-ring (bicyclic) bond motifs is 1. The van der Waals surface area contributed by atoms with Gasteiger partial charge < -0.3 is 19.4 Å². The lowest BCUT2D eigenvalue weighted by Crippen LogP contribution is -2.42. The first kappa shape index (κ1) is 18.6. The molecule has 0 radical (unpaired) electrons. The Labute approximate surface area is 155 Å². The molecule has 2 heterocycles. The number of nitrogens with zero attached hydrogens (tertiary/aromatic N) is 4. The number of aromatic nitrogens is 3. The maximum atomic E-state index is 12.8. The Hall–Kier alpha value is -3.20. The van der Waals surface area contributed by atoms with Crippen molar-refractivity contribution in [2.45, 2.75) is 13.1 Å². The fraction of sp³-hybridized carbons (Fsp3) is 0.333. The van der Waals surface area contributed by atoms with E-state index in [4.69, 9.17) is 9.15 Å². The van der Waals surface area contributed by atoms with Crippen LogP contribution in [0.15, 0.2) is 47.1 Å². The van der Waals surface area contributed by atoms with Crippen LogP contribution in [0.4, 0.5) is 0 Å². The van der Waals surface area contributed by atoms with Crippen molar-refractivity contribution in [1.82, 2.24) is 25.2 Å². The summed E-state index contributed by atoms with van der Waals surface area (Å²) in [6.07, 6.45) is 1.53. The van der Waals surface area contributed by atoms with Crippen LogP contribution in [0.25, 0.3) is 11.0 Å². The first-order valence-electron chi connectivity index (χ1n) is 8.51. The average molecular weight is 371 g/mol. The molecule has 0 saturated carbocycles. The van der Waals surface area contributed by atoms with Crippen LogP contribution in [0.5, 0.6) is 0 Å².